The smallest absolute Gasteiger partial charge is 0.125 e. The summed E-state index contributed by atoms with van der Waals surface area (Å²) < 4.78 is 10.9. The number of rotatable bonds is 5. The van der Waals surface area contributed by atoms with Gasteiger partial charge in [-0.15, -0.1) is 11.8 Å². The van der Waals surface area contributed by atoms with Gasteiger partial charge in [0.1, 0.15) is 17.3 Å². The highest BCUT2D eigenvalue weighted by atomic mass is 32.2. The van der Waals surface area contributed by atoms with Gasteiger partial charge in [0.2, 0.25) is 0 Å². The monoisotopic (exact) mass is 409 g/mol. The Kier molecular flexibility index (Phi) is 5.72. The molecule has 0 saturated heterocycles. The van der Waals surface area contributed by atoms with E-state index in [1.807, 2.05) is 30.9 Å². The van der Waals surface area contributed by atoms with Crippen LogP contribution in [0.5, 0.6) is 11.5 Å². The lowest BCUT2D eigenvalue weighted by Crippen LogP contribution is -2.24. The summed E-state index contributed by atoms with van der Waals surface area (Å²) in [4.78, 5) is 11.5. The van der Waals surface area contributed by atoms with E-state index in [0.29, 0.717) is 5.25 Å². The Morgan fingerprint density at radius 1 is 1.14 bits per heavy atom. The van der Waals surface area contributed by atoms with Crippen LogP contribution in [0.2, 0.25) is 0 Å². The van der Waals surface area contributed by atoms with Crippen LogP contribution in [0.15, 0.2) is 47.5 Å². The van der Waals surface area contributed by atoms with Gasteiger partial charge in [-0.25, -0.2) is 4.98 Å². The predicted molar refractivity (Wildman–Crippen MR) is 118 cm³/mol. The lowest BCUT2D eigenvalue weighted by atomic mass is 10.1. The molecule has 0 aliphatic carbocycles. The molecule has 0 radical (unpaired) electrons. The molecule has 0 spiro atoms. The third kappa shape index (κ3) is 4.22. The van der Waals surface area contributed by atoms with Crippen molar-refractivity contribution in [2.45, 2.75) is 37.0 Å². The summed E-state index contributed by atoms with van der Waals surface area (Å²) in [6.07, 6.45) is 2.94. The number of anilines is 1. The average Bonchev–Trinajstić information content (AvgIpc) is 3.05. The van der Waals surface area contributed by atoms with E-state index in [9.17, 15) is 0 Å². The number of nitrogens with zero attached hydrogens (tertiary/aromatic N) is 2. The van der Waals surface area contributed by atoms with E-state index in [4.69, 9.17) is 9.47 Å². The molecule has 0 bridgehead atoms. The first-order chi connectivity index (χ1) is 14.1. The van der Waals surface area contributed by atoms with E-state index < -0.39 is 0 Å². The number of aromatic amines is 1. The van der Waals surface area contributed by atoms with Crippen LogP contribution in [0.25, 0.3) is 0 Å². The fraction of sp³-hybridized carbons (Fsp3) is 0.348. The molecule has 6 heteroatoms. The van der Waals surface area contributed by atoms with E-state index in [2.05, 4.69) is 52.1 Å². The number of methoxy groups -OCH3 is 2. The molecular weight excluding hydrogens is 382 g/mol. The van der Waals surface area contributed by atoms with Gasteiger partial charge in [-0.2, -0.15) is 0 Å². The molecule has 3 aromatic rings. The topological polar surface area (TPSA) is 50.4 Å². The zero-order valence-corrected chi connectivity index (χ0v) is 18.2. The molecule has 1 N–H and O–H groups in total. The van der Waals surface area contributed by atoms with Crippen molar-refractivity contribution in [1.29, 1.82) is 0 Å². The third-order valence-corrected chi connectivity index (χ3v) is 6.70. The van der Waals surface area contributed by atoms with Gasteiger partial charge in [0.25, 0.3) is 0 Å². The van der Waals surface area contributed by atoms with E-state index in [1.54, 1.807) is 14.2 Å². The van der Waals surface area contributed by atoms with Gasteiger partial charge >= 0.3 is 0 Å². The van der Waals surface area contributed by atoms with Gasteiger partial charge < -0.3 is 19.4 Å². The van der Waals surface area contributed by atoms with Crippen LogP contribution in [-0.4, -0.2) is 30.7 Å². The Morgan fingerprint density at radius 3 is 2.69 bits per heavy atom. The van der Waals surface area contributed by atoms with Crippen molar-refractivity contribution in [3.63, 3.8) is 0 Å². The van der Waals surface area contributed by atoms with Crippen LogP contribution in [0.4, 0.5) is 5.69 Å². The van der Waals surface area contributed by atoms with E-state index in [0.717, 1.165) is 42.5 Å². The zero-order chi connectivity index (χ0) is 20.4. The molecule has 0 fully saturated rings. The van der Waals surface area contributed by atoms with E-state index in [1.165, 1.54) is 21.7 Å². The van der Waals surface area contributed by atoms with Crippen LogP contribution >= 0.6 is 11.8 Å². The van der Waals surface area contributed by atoms with Crippen molar-refractivity contribution in [1.82, 2.24) is 9.97 Å². The van der Waals surface area contributed by atoms with Gasteiger partial charge in [-0.1, -0.05) is 12.1 Å². The van der Waals surface area contributed by atoms with Crippen LogP contribution < -0.4 is 14.4 Å². The molecule has 4 rings (SSSR count). The lowest BCUT2D eigenvalue weighted by molar-refractivity contribution is 0.411. The molecule has 0 unspecified atom stereocenters. The molecule has 0 amide bonds. The number of fused-ring (bicyclic) bond motifs is 1. The molecule has 0 saturated carbocycles. The summed E-state index contributed by atoms with van der Waals surface area (Å²) >= 11 is 1.91. The number of benzene rings is 2. The van der Waals surface area contributed by atoms with Crippen molar-refractivity contribution in [3.05, 3.63) is 65.2 Å². The maximum Gasteiger partial charge on any atom is 0.125 e. The maximum atomic E-state index is 5.50. The fourth-order valence-electron chi connectivity index (χ4n) is 3.81. The van der Waals surface area contributed by atoms with Gasteiger partial charge in [-0.3, -0.25) is 0 Å². The second-order valence-corrected chi connectivity index (χ2v) is 8.64. The quantitative estimate of drug-likeness (QED) is 0.621. The highest BCUT2D eigenvalue weighted by Crippen LogP contribution is 2.47. The molecule has 152 valence electrons. The molecule has 1 atom stereocenters. The van der Waals surface area contributed by atoms with Crippen LogP contribution in [0.1, 0.15) is 34.3 Å². The second kappa shape index (κ2) is 8.41. The van der Waals surface area contributed by atoms with Crippen LogP contribution in [-0.2, 0) is 6.54 Å². The molecule has 1 aliphatic heterocycles. The summed E-state index contributed by atoms with van der Waals surface area (Å²) in [7, 11) is 3.44. The van der Waals surface area contributed by atoms with Crippen molar-refractivity contribution in [3.8, 4) is 11.5 Å². The lowest BCUT2D eigenvalue weighted by Gasteiger charge is -2.23. The molecule has 29 heavy (non-hydrogen) atoms. The number of imidazole rings is 1. The van der Waals surface area contributed by atoms with Crippen LogP contribution in [0, 0.1) is 13.8 Å². The molecule has 5 nitrogen and oxygen atoms in total. The Hall–Kier alpha value is -2.60. The SMILES string of the molecule is COc1ccc2c(c1)S[C@@H](c1ccc(OC)c(C)c1)CCN2Cc1ncc(C)[nH]1. The van der Waals surface area contributed by atoms with Crippen LogP contribution in [0.3, 0.4) is 0 Å². The Balaban J connectivity index is 1.67. The largest absolute Gasteiger partial charge is 0.497 e. The number of nitrogens with one attached hydrogen (secondary N) is 1. The van der Waals surface area contributed by atoms with Gasteiger partial charge in [0.05, 0.1) is 26.5 Å². The van der Waals surface area contributed by atoms with Crippen molar-refractivity contribution in [2.75, 3.05) is 25.7 Å². The number of ether oxygens (including phenoxy) is 2. The van der Waals surface area contributed by atoms with E-state index >= 15 is 0 Å². The number of aryl methyl sites for hydroxylation is 2. The number of aromatic nitrogens is 2. The highest BCUT2D eigenvalue weighted by Gasteiger charge is 2.25. The molecule has 1 aliphatic rings. The van der Waals surface area contributed by atoms with Gasteiger partial charge in [-0.05, 0) is 55.7 Å². The fourth-order valence-corrected chi connectivity index (χ4v) is 5.13. The summed E-state index contributed by atoms with van der Waals surface area (Å²) in [5.74, 6) is 2.81. The van der Waals surface area contributed by atoms with Gasteiger partial charge in [0, 0.05) is 28.6 Å². The first-order valence-corrected chi connectivity index (χ1v) is 10.7. The molecule has 2 heterocycles. The number of H-pyrrole nitrogens is 1. The summed E-state index contributed by atoms with van der Waals surface area (Å²) in [6, 6.07) is 12.9. The standard InChI is InChI=1S/C23H27N3O2S/c1-15-11-17(5-8-20(15)28-4)21-9-10-26(14-23-24-13-16(2)25-23)19-7-6-18(27-3)12-22(19)29-21/h5-8,11-13,21H,9-10,14H2,1-4H3,(H,24,25)/t21-/m1/s1. The Labute approximate surface area is 176 Å². The number of thioether (sulfide) groups is 1. The zero-order valence-electron chi connectivity index (χ0n) is 17.4. The average molecular weight is 410 g/mol. The van der Waals surface area contributed by atoms with Crippen molar-refractivity contribution in [2.24, 2.45) is 0 Å². The summed E-state index contributed by atoms with van der Waals surface area (Å²) in [6.45, 7) is 5.87. The third-order valence-electron chi connectivity index (χ3n) is 5.32. The minimum Gasteiger partial charge on any atom is -0.497 e. The molecule has 2 aromatic carbocycles. The Bertz CT molecular complexity index is 1000. The second-order valence-electron chi connectivity index (χ2n) is 7.39. The van der Waals surface area contributed by atoms with Gasteiger partial charge in [0.15, 0.2) is 0 Å². The minimum atomic E-state index is 0.369. The van der Waals surface area contributed by atoms with Crippen molar-refractivity contribution < 1.29 is 9.47 Å². The maximum absolute atomic E-state index is 5.50. The summed E-state index contributed by atoms with van der Waals surface area (Å²) in [5.41, 5.74) is 4.82. The Morgan fingerprint density at radius 2 is 2.00 bits per heavy atom. The number of hydrogen-bond acceptors (Lipinski definition) is 5. The van der Waals surface area contributed by atoms with Crippen molar-refractivity contribution >= 4 is 17.4 Å². The first-order valence-electron chi connectivity index (χ1n) is 9.82. The predicted octanol–water partition coefficient (Wildman–Crippen LogP) is 5.29. The minimum absolute atomic E-state index is 0.369. The first kappa shape index (κ1) is 19.7. The van der Waals surface area contributed by atoms with E-state index in [-0.39, 0.29) is 0 Å². The summed E-state index contributed by atoms with van der Waals surface area (Å²) in [5, 5.41) is 0.369. The molecule has 1 aromatic heterocycles. The molecular formula is C23H27N3O2S. The normalized spacial score (nSPS) is 16.3. The number of hydrogen-bond donors (Lipinski definition) is 1. The highest BCUT2D eigenvalue weighted by molar-refractivity contribution is 7.99.